The number of alkyl halides is 3. The molecule has 0 bridgehead atoms. The summed E-state index contributed by atoms with van der Waals surface area (Å²) in [5.41, 5.74) is 0.623. The first kappa shape index (κ1) is 19.4. The van der Waals surface area contributed by atoms with E-state index >= 15 is 0 Å². The van der Waals surface area contributed by atoms with Crippen LogP contribution in [0.1, 0.15) is 22.5 Å². The quantitative estimate of drug-likeness (QED) is 0.564. The number of carbonyl (C=O) groups excluding carboxylic acids is 1. The van der Waals surface area contributed by atoms with E-state index in [0.29, 0.717) is 17.9 Å². The van der Waals surface area contributed by atoms with Gasteiger partial charge in [0, 0.05) is 25.0 Å². The van der Waals surface area contributed by atoms with Crippen molar-refractivity contribution >= 4 is 12.0 Å². The van der Waals surface area contributed by atoms with Crippen molar-refractivity contribution < 1.29 is 22.4 Å². The Bertz CT molecular complexity index is 919. The van der Waals surface area contributed by atoms with Crippen LogP contribution in [0, 0.1) is 0 Å². The number of pyridine rings is 1. The smallest absolute Gasteiger partial charge is 0.416 e. The molecule has 0 aliphatic carbocycles. The third kappa shape index (κ3) is 5.33. The molecule has 0 unspecified atom stereocenters. The van der Waals surface area contributed by atoms with Crippen molar-refractivity contribution in [1.29, 1.82) is 0 Å². The van der Waals surface area contributed by atoms with Crippen LogP contribution in [0.4, 0.5) is 13.2 Å². The molecular formula is C21H17F3N2O2. The van der Waals surface area contributed by atoms with E-state index in [2.05, 4.69) is 4.98 Å². The molecule has 0 saturated heterocycles. The number of rotatable bonds is 6. The molecule has 0 aliphatic rings. The molecular weight excluding hydrogens is 369 g/mol. The minimum absolute atomic E-state index is 0.262. The van der Waals surface area contributed by atoms with Crippen molar-refractivity contribution in [2.45, 2.75) is 19.3 Å². The molecule has 0 N–H and O–H groups in total. The molecule has 0 saturated carbocycles. The lowest BCUT2D eigenvalue weighted by Gasteiger charge is -2.20. The zero-order chi connectivity index (χ0) is 20.0. The minimum Gasteiger partial charge on any atom is -0.467 e. The van der Waals surface area contributed by atoms with E-state index in [0.717, 1.165) is 17.7 Å². The molecule has 1 aromatic carbocycles. The Balaban J connectivity index is 1.73. The van der Waals surface area contributed by atoms with E-state index in [1.54, 1.807) is 35.5 Å². The number of hydrogen-bond donors (Lipinski definition) is 0. The van der Waals surface area contributed by atoms with E-state index in [1.165, 1.54) is 30.5 Å². The summed E-state index contributed by atoms with van der Waals surface area (Å²) >= 11 is 0. The number of aromatic nitrogens is 1. The fourth-order valence-corrected chi connectivity index (χ4v) is 2.57. The molecule has 3 aromatic rings. The number of carbonyl (C=O) groups is 1. The first-order chi connectivity index (χ1) is 13.4. The third-order valence-corrected chi connectivity index (χ3v) is 3.99. The SMILES string of the molecule is O=C(/C=C/c1ccc(C(F)(F)F)cc1)N(Cc1cccnc1)Cc1ccco1. The lowest BCUT2D eigenvalue weighted by atomic mass is 10.1. The van der Waals surface area contributed by atoms with Crippen LogP contribution in [0.25, 0.3) is 6.08 Å². The number of hydrogen-bond acceptors (Lipinski definition) is 3. The van der Waals surface area contributed by atoms with Crippen LogP contribution in [-0.2, 0) is 24.1 Å². The number of amides is 1. The highest BCUT2D eigenvalue weighted by molar-refractivity contribution is 5.91. The molecule has 0 atom stereocenters. The molecule has 2 heterocycles. The monoisotopic (exact) mass is 386 g/mol. The van der Waals surface area contributed by atoms with Crippen molar-refractivity contribution in [2.75, 3.05) is 0 Å². The van der Waals surface area contributed by atoms with Gasteiger partial charge >= 0.3 is 6.18 Å². The van der Waals surface area contributed by atoms with Crippen LogP contribution in [-0.4, -0.2) is 15.8 Å². The highest BCUT2D eigenvalue weighted by Gasteiger charge is 2.29. The molecule has 1 amide bonds. The van der Waals surface area contributed by atoms with Gasteiger partial charge in [-0.05, 0) is 47.5 Å². The molecule has 2 aromatic heterocycles. The number of benzene rings is 1. The van der Waals surface area contributed by atoms with Gasteiger partial charge in [-0.1, -0.05) is 18.2 Å². The zero-order valence-corrected chi connectivity index (χ0v) is 14.8. The normalized spacial score (nSPS) is 11.7. The number of nitrogens with zero attached hydrogens (tertiary/aromatic N) is 2. The minimum atomic E-state index is -4.39. The Morgan fingerprint density at radius 1 is 1.07 bits per heavy atom. The number of halogens is 3. The highest BCUT2D eigenvalue weighted by atomic mass is 19.4. The zero-order valence-electron chi connectivity index (χ0n) is 14.8. The average molecular weight is 386 g/mol. The van der Waals surface area contributed by atoms with E-state index in [-0.39, 0.29) is 12.5 Å². The fraction of sp³-hybridized carbons (Fsp3) is 0.143. The van der Waals surface area contributed by atoms with Gasteiger partial charge in [-0.3, -0.25) is 9.78 Å². The first-order valence-electron chi connectivity index (χ1n) is 8.47. The van der Waals surface area contributed by atoms with Crippen molar-refractivity contribution in [1.82, 2.24) is 9.88 Å². The van der Waals surface area contributed by atoms with Crippen molar-refractivity contribution in [3.8, 4) is 0 Å². The Kier molecular flexibility index (Phi) is 5.93. The third-order valence-electron chi connectivity index (χ3n) is 3.99. The lowest BCUT2D eigenvalue weighted by molar-refractivity contribution is -0.137. The fourth-order valence-electron chi connectivity index (χ4n) is 2.57. The van der Waals surface area contributed by atoms with Gasteiger partial charge in [-0.2, -0.15) is 13.2 Å². The molecule has 4 nitrogen and oxygen atoms in total. The summed E-state index contributed by atoms with van der Waals surface area (Å²) in [7, 11) is 0. The van der Waals surface area contributed by atoms with Crippen LogP contribution in [0.5, 0.6) is 0 Å². The molecule has 0 fully saturated rings. The topological polar surface area (TPSA) is 46.3 Å². The molecule has 7 heteroatoms. The molecule has 144 valence electrons. The summed E-state index contributed by atoms with van der Waals surface area (Å²) < 4.78 is 43.2. The van der Waals surface area contributed by atoms with Crippen LogP contribution in [0.3, 0.4) is 0 Å². The summed E-state index contributed by atoms with van der Waals surface area (Å²) in [6, 6.07) is 11.8. The molecule has 28 heavy (non-hydrogen) atoms. The van der Waals surface area contributed by atoms with Gasteiger partial charge in [0.05, 0.1) is 18.4 Å². The van der Waals surface area contributed by atoms with E-state index in [9.17, 15) is 18.0 Å². The first-order valence-corrected chi connectivity index (χ1v) is 8.47. The van der Waals surface area contributed by atoms with Crippen LogP contribution in [0.2, 0.25) is 0 Å². The van der Waals surface area contributed by atoms with Gasteiger partial charge in [0.1, 0.15) is 5.76 Å². The maximum absolute atomic E-state index is 12.7. The van der Waals surface area contributed by atoms with Crippen molar-refractivity contribution in [3.63, 3.8) is 0 Å². The second-order valence-corrected chi connectivity index (χ2v) is 6.09. The molecule has 0 spiro atoms. The predicted molar refractivity (Wildman–Crippen MR) is 97.7 cm³/mol. The van der Waals surface area contributed by atoms with Crippen LogP contribution in [0.15, 0.2) is 77.7 Å². The van der Waals surface area contributed by atoms with Crippen molar-refractivity contribution in [3.05, 3.63) is 95.7 Å². The molecule has 0 radical (unpaired) electrons. The Hall–Kier alpha value is -3.35. The van der Waals surface area contributed by atoms with Gasteiger partial charge in [0.2, 0.25) is 5.91 Å². The predicted octanol–water partition coefficient (Wildman–Crippen LogP) is 4.94. The summed E-state index contributed by atoms with van der Waals surface area (Å²) in [5, 5.41) is 0. The van der Waals surface area contributed by atoms with E-state index in [4.69, 9.17) is 4.42 Å². The van der Waals surface area contributed by atoms with E-state index < -0.39 is 11.7 Å². The van der Waals surface area contributed by atoms with Gasteiger partial charge in [0.15, 0.2) is 0 Å². The van der Waals surface area contributed by atoms with Crippen LogP contribution >= 0.6 is 0 Å². The average Bonchev–Trinajstić information content (AvgIpc) is 3.19. The van der Waals surface area contributed by atoms with Gasteiger partial charge in [-0.25, -0.2) is 0 Å². The van der Waals surface area contributed by atoms with Gasteiger partial charge < -0.3 is 9.32 Å². The van der Waals surface area contributed by atoms with Crippen molar-refractivity contribution in [2.24, 2.45) is 0 Å². The summed E-state index contributed by atoms with van der Waals surface area (Å²) in [6.45, 7) is 0.586. The lowest BCUT2D eigenvalue weighted by Crippen LogP contribution is -2.28. The molecule has 3 rings (SSSR count). The number of furan rings is 1. The largest absolute Gasteiger partial charge is 0.467 e. The second-order valence-electron chi connectivity index (χ2n) is 6.09. The summed E-state index contributed by atoms with van der Waals surface area (Å²) in [5.74, 6) is 0.334. The standard InChI is InChI=1S/C21H17F3N2O2/c22-21(23,24)18-8-5-16(6-9-18)7-10-20(27)26(15-19-4-2-12-28-19)14-17-3-1-11-25-13-17/h1-13H,14-15H2/b10-7+. The highest BCUT2D eigenvalue weighted by Crippen LogP contribution is 2.29. The van der Waals surface area contributed by atoms with Crippen LogP contribution < -0.4 is 0 Å². The summed E-state index contributed by atoms with van der Waals surface area (Å²) in [4.78, 5) is 18.3. The Labute approximate surface area is 159 Å². The summed E-state index contributed by atoms with van der Waals surface area (Å²) in [6.07, 6.45) is 3.28. The Morgan fingerprint density at radius 3 is 2.46 bits per heavy atom. The van der Waals surface area contributed by atoms with E-state index in [1.807, 2.05) is 6.07 Å². The second kappa shape index (κ2) is 8.56. The van der Waals surface area contributed by atoms with Gasteiger partial charge in [0.25, 0.3) is 0 Å². The maximum Gasteiger partial charge on any atom is 0.416 e. The maximum atomic E-state index is 12.7. The van der Waals surface area contributed by atoms with Gasteiger partial charge in [-0.15, -0.1) is 0 Å². The molecule has 0 aliphatic heterocycles. The Morgan fingerprint density at radius 2 is 1.86 bits per heavy atom.